The Balaban J connectivity index is 2.59. The van der Waals surface area contributed by atoms with Gasteiger partial charge in [0.2, 0.25) is 0 Å². The number of nitrogens with one attached hydrogen (secondary N) is 1. The SMILES string of the molecule is S=c1[nH]ccn1-c1cnccn1. The largest absolute Gasteiger partial charge is 0.337 e. The van der Waals surface area contributed by atoms with Gasteiger partial charge in [-0.2, -0.15) is 0 Å². The van der Waals surface area contributed by atoms with Crippen LogP contribution in [0.3, 0.4) is 0 Å². The van der Waals surface area contributed by atoms with Gasteiger partial charge < -0.3 is 4.98 Å². The van der Waals surface area contributed by atoms with E-state index in [0.717, 1.165) is 5.82 Å². The van der Waals surface area contributed by atoms with Crippen molar-refractivity contribution >= 4 is 12.2 Å². The van der Waals surface area contributed by atoms with Gasteiger partial charge in [0.15, 0.2) is 10.6 Å². The van der Waals surface area contributed by atoms with E-state index in [1.807, 2.05) is 6.20 Å². The van der Waals surface area contributed by atoms with E-state index < -0.39 is 0 Å². The third kappa shape index (κ3) is 1.14. The van der Waals surface area contributed by atoms with E-state index in [9.17, 15) is 0 Å². The average Bonchev–Trinajstić information content (AvgIpc) is 2.53. The average molecular weight is 178 g/mol. The summed E-state index contributed by atoms with van der Waals surface area (Å²) in [5.41, 5.74) is 0. The van der Waals surface area contributed by atoms with Crippen molar-refractivity contribution in [3.8, 4) is 5.82 Å². The summed E-state index contributed by atoms with van der Waals surface area (Å²) in [6, 6.07) is 0. The molecular weight excluding hydrogens is 172 g/mol. The van der Waals surface area contributed by atoms with Crippen molar-refractivity contribution in [2.45, 2.75) is 0 Å². The molecule has 2 heterocycles. The first-order valence-corrected chi connectivity index (χ1v) is 3.81. The van der Waals surface area contributed by atoms with E-state index in [-0.39, 0.29) is 0 Å². The van der Waals surface area contributed by atoms with Crippen molar-refractivity contribution in [1.29, 1.82) is 0 Å². The number of nitrogens with zero attached hydrogens (tertiary/aromatic N) is 3. The second-order valence-corrected chi connectivity index (χ2v) is 2.59. The minimum absolute atomic E-state index is 0.621. The van der Waals surface area contributed by atoms with Crippen molar-refractivity contribution < 1.29 is 0 Å². The van der Waals surface area contributed by atoms with Gasteiger partial charge in [-0.05, 0) is 12.2 Å². The molecule has 5 heteroatoms. The van der Waals surface area contributed by atoms with Gasteiger partial charge in [-0.25, -0.2) is 4.98 Å². The number of aromatic amines is 1. The molecule has 2 aromatic rings. The molecule has 2 aromatic heterocycles. The molecule has 1 N–H and O–H groups in total. The molecule has 0 aliphatic carbocycles. The molecule has 0 spiro atoms. The molecule has 0 fully saturated rings. The lowest BCUT2D eigenvalue weighted by Gasteiger charge is -1.97. The monoisotopic (exact) mass is 178 g/mol. The van der Waals surface area contributed by atoms with Crippen molar-refractivity contribution in [3.05, 3.63) is 35.8 Å². The van der Waals surface area contributed by atoms with Crippen LogP contribution in [0.25, 0.3) is 5.82 Å². The van der Waals surface area contributed by atoms with Gasteiger partial charge in [0.05, 0.1) is 6.20 Å². The van der Waals surface area contributed by atoms with Crippen LogP contribution in [0.5, 0.6) is 0 Å². The Morgan fingerprint density at radius 1 is 1.42 bits per heavy atom. The second kappa shape index (κ2) is 2.86. The third-order valence-electron chi connectivity index (χ3n) is 1.45. The lowest BCUT2D eigenvalue weighted by atomic mass is 10.6. The lowest BCUT2D eigenvalue weighted by Crippen LogP contribution is -1.95. The Hall–Kier alpha value is -1.49. The number of hydrogen-bond acceptors (Lipinski definition) is 3. The smallest absolute Gasteiger partial charge is 0.183 e. The van der Waals surface area contributed by atoms with Crippen molar-refractivity contribution in [3.63, 3.8) is 0 Å². The second-order valence-electron chi connectivity index (χ2n) is 2.20. The van der Waals surface area contributed by atoms with Gasteiger partial charge >= 0.3 is 0 Å². The molecule has 0 saturated carbocycles. The minimum atomic E-state index is 0.621. The van der Waals surface area contributed by atoms with E-state index in [4.69, 9.17) is 12.2 Å². The molecule has 2 rings (SSSR count). The van der Waals surface area contributed by atoms with Crippen LogP contribution in [0.15, 0.2) is 31.0 Å². The number of imidazole rings is 1. The molecule has 0 aliphatic heterocycles. The van der Waals surface area contributed by atoms with E-state index >= 15 is 0 Å². The minimum Gasteiger partial charge on any atom is -0.337 e. The topological polar surface area (TPSA) is 46.5 Å². The molecule has 0 unspecified atom stereocenters. The fraction of sp³-hybridized carbons (Fsp3) is 0. The summed E-state index contributed by atoms with van der Waals surface area (Å²) < 4.78 is 2.37. The zero-order valence-electron chi connectivity index (χ0n) is 6.14. The molecular formula is C7H6N4S. The predicted molar refractivity (Wildman–Crippen MR) is 46.5 cm³/mol. The Morgan fingerprint density at radius 2 is 2.33 bits per heavy atom. The van der Waals surface area contributed by atoms with Gasteiger partial charge in [-0.3, -0.25) is 9.55 Å². The summed E-state index contributed by atoms with van der Waals surface area (Å²) in [7, 11) is 0. The van der Waals surface area contributed by atoms with Crippen molar-refractivity contribution in [2.24, 2.45) is 0 Å². The highest BCUT2D eigenvalue weighted by molar-refractivity contribution is 7.71. The van der Waals surface area contributed by atoms with Crippen molar-refractivity contribution in [1.82, 2.24) is 19.5 Å². The summed E-state index contributed by atoms with van der Waals surface area (Å²) in [6.45, 7) is 0. The van der Waals surface area contributed by atoms with Crippen molar-refractivity contribution in [2.75, 3.05) is 0 Å². The van der Waals surface area contributed by atoms with Gasteiger partial charge in [0.1, 0.15) is 0 Å². The Labute approximate surface area is 73.9 Å². The number of hydrogen-bond donors (Lipinski definition) is 1. The van der Waals surface area contributed by atoms with Gasteiger partial charge in [0, 0.05) is 24.8 Å². The molecule has 0 saturated heterocycles. The molecule has 12 heavy (non-hydrogen) atoms. The van der Waals surface area contributed by atoms with Crippen LogP contribution in [0.4, 0.5) is 0 Å². The van der Waals surface area contributed by atoms with Crippen LogP contribution in [-0.2, 0) is 0 Å². The Morgan fingerprint density at radius 3 is 2.92 bits per heavy atom. The molecule has 0 aromatic carbocycles. The molecule has 0 aliphatic rings. The Bertz CT molecular complexity index is 416. The van der Waals surface area contributed by atoms with Crippen LogP contribution >= 0.6 is 12.2 Å². The van der Waals surface area contributed by atoms with Gasteiger partial charge in [-0.15, -0.1) is 0 Å². The summed E-state index contributed by atoms with van der Waals surface area (Å²) in [4.78, 5) is 10.9. The van der Waals surface area contributed by atoms with E-state index in [0.29, 0.717) is 4.77 Å². The highest BCUT2D eigenvalue weighted by Crippen LogP contribution is 2.00. The zero-order chi connectivity index (χ0) is 8.39. The molecule has 0 radical (unpaired) electrons. The summed E-state index contributed by atoms with van der Waals surface area (Å²) in [6.07, 6.45) is 8.48. The Kier molecular flexibility index (Phi) is 1.71. The number of rotatable bonds is 1. The first-order valence-electron chi connectivity index (χ1n) is 3.40. The highest BCUT2D eigenvalue weighted by Gasteiger charge is 1.95. The maximum absolute atomic E-state index is 5.01. The maximum atomic E-state index is 5.01. The quantitative estimate of drug-likeness (QED) is 0.670. The summed E-state index contributed by atoms with van der Waals surface area (Å²) in [5.74, 6) is 0.726. The zero-order valence-corrected chi connectivity index (χ0v) is 6.95. The normalized spacial score (nSPS) is 10.0. The van der Waals surface area contributed by atoms with Crippen LogP contribution in [0.2, 0.25) is 0 Å². The molecule has 0 bridgehead atoms. The summed E-state index contributed by atoms with van der Waals surface area (Å²) in [5, 5.41) is 0. The third-order valence-corrected chi connectivity index (χ3v) is 1.76. The van der Waals surface area contributed by atoms with E-state index in [1.165, 1.54) is 0 Å². The van der Waals surface area contributed by atoms with Crippen LogP contribution in [0.1, 0.15) is 0 Å². The van der Waals surface area contributed by atoms with Gasteiger partial charge in [0.25, 0.3) is 0 Å². The fourth-order valence-electron chi connectivity index (χ4n) is 0.916. The number of H-pyrrole nitrogens is 1. The fourth-order valence-corrected chi connectivity index (χ4v) is 1.14. The van der Waals surface area contributed by atoms with E-state index in [1.54, 1.807) is 29.4 Å². The predicted octanol–water partition coefficient (Wildman–Crippen LogP) is 1.32. The summed E-state index contributed by atoms with van der Waals surface area (Å²) >= 11 is 5.01. The number of aromatic nitrogens is 4. The standard InChI is InChI=1S/C7H6N4S/c12-7-10-3-4-11(7)6-5-8-1-2-9-6/h1-5H,(H,10,12). The molecule has 4 nitrogen and oxygen atoms in total. The highest BCUT2D eigenvalue weighted by atomic mass is 32.1. The molecule has 0 atom stereocenters. The first kappa shape index (κ1) is 7.17. The first-order chi connectivity index (χ1) is 5.88. The van der Waals surface area contributed by atoms with Crippen LogP contribution < -0.4 is 0 Å². The molecule has 60 valence electrons. The van der Waals surface area contributed by atoms with E-state index in [2.05, 4.69) is 15.0 Å². The van der Waals surface area contributed by atoms with Crippen LogP contribution in [0, 0.1) is 4.77 Å². The maximum Gasteiger partial charge on any atom is 0.183 e. The van der Waals surface area contributed by atoms with Gasteiger partial charge in [-0.1, -0.05) is 0 Å². The van der Waals surface area contributed by atoms with Crippen LogP contribution in [-0.4, -0.2) is 19.5 Å². The lowest BCUT2D eigenvalue weighted by molar-refractivity contribution is 0.954. The molecule has 0 amide bonds.